The molecule has 2 amide bonds. The molecule has 2 aliphatic rings. The summed E-state index contributed by atoms with van der Waals surface area (Å²) in [6.45, 7) is 13.5. The molecule has 2 aliphatic heterocycles. The summed E-state index contributed by atoms with van der Waals surface area (Å²) in [4.78, 5) is 29.6. The summed E-state index contributed by atoms with van der Waals surface area (Å²) in [5.74, 6) is 0.853. The zero-order valence-corrected chi connectivity index (χ0v) is 16.0. The van der Waals surface area contributed by atoms with Gasteiger partial charge in [0.15, 0.2) is 0 Å². The monoisotopic (exact) mass is 338 g/mol. The van der Waals surface area contributed by atoms with E-state index in [1.807, 2.05) is 30.6 Å². The Morgan fingerprint density at radius 1 is 1.21 bits per heavy atom. The van der Waals surface area contributed by atoms with Crippen molar-refractivity contribution in [3.63, 3.8) is 0 Å². The molecule has 138 valence electrons. The summed E-state index contributed by atoms with van der Waals surface area (Å²) >= 11 is 0. The molecule has 0 unspecified atom stereocenters. The minimum atomic E-state index is -0.385. The van der Waals surface area contributed by atoms with Crippen molar-refractivity contribution in [2.24, 2.45) is 17.3 Å². The van der Waals surface area contributed by atoms with Gasteiger partial charge in [-0.1, -0.05) is 34.6 Å². The van der Waals surface area contributed by atoms with Crippen molar-refractivity contribution in [2.75, 3.05) is 32.8 Å². The maximum atomic E-state index is 13.1. The van der Waals surface area contributed by atoms with Gasteiger partial charge in [0.1, 0.15) is 0 Å². The molecule has 0 saturated carbocycles. The number of amides is 2. The van der Waals surface area contributed by atoms with Crippen molar-refractivity contribution in [3.05, 3.63) is 0 Å². The molecule has 0 aromatic heterocycles. The Labute approximate surface area is 146 Å². The second-order valence-electron chi connectivity index (χ2n) is 8.73. The van der Waals surface area contributed by atoms with Crippen LogP contribution >= 0.6 is 0 Å². The maximum absolute atomic E-state index is 13.1. The van der Waals surface area contributed by atoms with Crippen LogP contribution in [0.25, 0.3) is 0 Å². The normalized spacial score (nSPS) is 25.9. The fourth-order valence-corrected chi connectivity index (χ4v) is 3.76. The first-order valence-corrected chi connectivity index (χ1v) is 9.37. The summed E-state index contributed by atoms with van der Waals surface area (Å²) in [5.41, 5.74) is -0.385. The molecule has 0 N–H and O–H groups in total. The van der Waals surface area contributed by atoms with Crippen LogP contribution < -0.4 is 0 Å². The third-order valence-electron chi connectivity index (χ3n) is 4.95. The molecule has 2 fully saturated rings. The molecule has 0 bridgehead atoms. The lowest BCUT2D eigenvalue weighted by atomic mass is 9.90. The SMILES string of the molecule is CC(C)C[C@@H]1COCCN1C(=O)[C@@H]1CCCN(C(=O)C(C)(C)C)C1. The van der Waals surface area contributed by atoms with E-state index >= 15 is 0 Å². The predicted molar refractivity (Wildman–Crippen MR) is 94.5 cm³/mol. The van der Waals surface area contributed by atoms with Crippen LogP contribution in [0, 0.1) is 17.3 Å². The molecule has 2 rings (SSSR count). The first-order chi connectivity index (χ1) is 11.2. The van der Waals surface area contributed by atoms with E-state index in [4.69, 9.17) is 4.74 Å². The maximum Gasteiger partial charge on any atom is 0.227 e. The smallest absolute Gasteiger partial charge is 0.227 e. The van der Waals surface area contributed by atoms with E-state index in [0.717, 1.165) is 25.8 Å². The first kappa shape index (κ1) is 19.2. The Morgan fingerprint density at radius 3 is 2.54 bits per heavy atom. The predicted octanol–water partition coefficient (Wildman–Crippen LogP) is 2.54. The van der Waals surface area contributed by atoms with Crippen LogP contribution in [0.1, 0.15) is 53.9 Å². The average Bonchev–Trinajstić information content (AvgIpc) is 2.52. The summed E-state index contributed by atoms with van der Waals surface area (Å²) in [6, 6.07) is 0.181. The molecular formula is C19H34N2O3. The van der Waals surface area contributed by atoms with Gasteiger partial charge in [-0.05, 0) is 25.2 Å². The number of carbonyl (C=O) groups excluding carboxylic acids is 2. The van der Waals surface area contributed by atoms with Crippen LogP contribution in [0.15, 0.2) is 0 Å². The van der Waals surface area contributed by atoms with Gasteiger partial charge < -0.3 is 14.5 Å². The van der Waals surface area contributed by atoms with Crippen LogP contribution in [0.5, 0.6) is 0 Å². The van der Waals surface area contributed by atoms with Crippen LogP contribution in [0.3, 0.4) is 0 Å². The van der Waals surface area contributed by atoms with E-state index in [0.29, 0.717) is 32.2 Å². The molecule has 2 atom stereocenters. The second kappa shape index (κ2) is 7.85. The molecule has 0 radical (unpaired) electrons. The quantitative estimate of drug-likeness (QED) is 0.794. The number of nitrogens with zero attached hydrogens (tertiary/aromatic N) is 2. The Kier molecular flexibility index (Phi) is 6.29. The zero-order valence-electron chi connectivity index (χ0n) is 16.0. The molecule has 2 saturated heterocycles. The Morgan fingerprint density at radius 2 is 1.92 bits per heavy atom. The summed E-state index contributed by atoms with van der Waals surface area (Å²) in [6.07, 6.45) is 2.78. The lowest BCUT2D eigenvalue weighted by Gasteiger charge is -2.41. The fraction of sp³-hybridized carbons (Fsp3) is 0.895. The van der Waals surface area contributed by atoms with Gasteiger partial charge >= 0.3 is 0 Å². The highest BCUT2D eigenvalue weighted by molar-refractivity contribution is 5.84. The fourth-order valence-electron chi connectivity index (χ4n) is 3.76. The first-order valence-electron chi connectivity index (χ1n) is 9.37. The van der Waals surface area contributed by atoms with Crippen molar-refractivity contribution >= 4 is 11.8 Å². The summed E-state index contributed by atoms with van der Waals surface area (Å²) in [7, 11) is 0. The molecule has 0 aromatic carbocycles. The van der Waals surface area contributed by atoms with Gasteiger partial charge in [-0.2, -0.15) is 0 Å². The average molecular weight is 338 g/mol. The summed E-state index contributed by atoms with van der Waals surface area (Å²) in [5, 5.41) is 0. The van der Waals surface area contributed by atoms with Gasteiger partial charge in [0.25, 0.3) is 0 Å². The molecule has 2 heterocycles. The van der Waals surface area contributed by atoms with Gasteiger partial charge in [-0.25, -0.2) is 0 Å². The van der Waals surface area contributed by atoms with Gasteiger partial charge in [0.05, 0.1) is 25.2 Å². The number of piperidine rings is 1. The summed E-state index contributed by atoms with van der Waals surface area (Å²) < 4.78 is 5.60. The molecule has 5 nitrogen and oxygen atoms in total. The molecular weight excluding hydrogens is 304 g/mol. The van der Waals surface area contributed by atoms with Crippen LogP contribution in [-0.4, -0.2) is 60.5 Å². The van der Waals surface area contributed by atoms with Crippen LogP contribution in [0.4, 0.5) is 0 Å². The Bertz CT molecular complexity index is 456. The van der Waals surface area contributed by atoms with E-state index < -0.39 is 0 Å². The largest absolute Gasteiger partial charge is 0.377 e. The van der Waals surface area contributed by atoms with E-state index in [1.165, 1.54) is 0 Å². The zero-order chi connectivity index (χ0) is 17.9. The Hall–Kier alpha value is -1.10. The number of rotatable bonds is 3. The molecule has 0 aliphatic carbocycles. The van der Waals surface area contributed by atoms with Crippen molar-refractivity contribution in [1.82, 2.24) is 9.80 Å². The van der Waals surface area contributed by atoms with Crippen molar-refractivity contribution in [1.29, 1.82) is 0 Å². The lowest BCUT2D eigenvalue weighted by molar-refractivity contribution is -0.150. The van der Waals surface area contributed by atoms with E-state index in [-0.39, 0.29) is 29.2 Å². The van der Waals surface area contributed by atoms with E-state index in [2.05, 4.69) is 13.8 Å². The van der Waals surface area contributed by atoms with E-state index in [1.54, 1.807) is 0 Å². The standard InChI is InChI=1S/C19H34N2O3/c1-14(2)11-16-13-24-10-9-21(16)17(22)15-7-6-8-20(12-15)18(23)19(3,4)5/h14-16H,6-13H2,1-5H3/t15-,16-/m1/s1. The van der Waals surface area contributed by atoms with Gasteiger partial charge in [-0.3, -0.25) is 9.59 Å². The molecule has 5 heteroatoms. The minimum Gasteiger partial charge on any atom is -0.377 e. The molecule has 0 spiro atoms. The van der Waals surface area contributed by atoms with Crippen LogP contribution in [0.2, 0.25) is 0 Å². The van der Waals surface area contributed by atoms with Crippen molar-refractivity contribution in [3.8, 4) is 0 Å². The second-order valence-corrected chi connectivity index (χ2v) is 8.73. The molecule has 24 heavy (non-hydrogen) atoms. The molecule has 0 aromatic rings. The number of hydrogen-bond donors (Lipinski definition) is 0. The Balaban J connectivity index is 2.03. The highest BCUT2D eigenvalue weighted by Gasteiger charge is 2.37. The van der Waals surface area contributed by atoms with Gasteiger partial charge in [0.2, 0.25) is 11.8 Å². The third-order valence-corrected chi connectivity index (χ3v) is 4.95. The van der Waals surface area contributed by atoms with Gasteiger partial charge in [-0.15, -0.1) is 0 Å². The highest BCUT2D eigenvalue weighted by atomic mass is 16.5. The minimum absolute atomic E-state index is 0.0576. The van der Waals surface area contributed by atoms with Crippen molar-refractivity contribution in [2.45, 2.75) is 59.9 Å². The van der Waals surface area contributed by atoms with Crippen LogP contribution in [-0.2, 0) is 14.3 Å². The van der Waals surface area contributed by atoms with E-state index in [9.17, 15) is 9.59 Å². The topological polar surface area (TPSA) is 49.9 Å². The number of carbonyl (C=O) groups is 2. The number of likely N-dealkylation sites (tertiary alicyclic amines) is 1. The number of hydrogen-bond acceptors (Lipinski definition) is 3. The highest BCUT2D eigenvalue weighted by Crippen LogP contribution is 2.26. The van der Waals surface area contributed by atoms with Crippen molar-refractivity contribution < 1.29 is 14.3 Å². The third kappa shape index (κ3) is 4.71. The van der Waals surface area contributed by atoms with Gasteiger partial charge in [0, 0.05) is 25.0 Å². The number of ether oxygens (including phenoxy) is 1. The lowest BCUT2D eigenvalue weighted by Crippen LogP contribution is -2.54. The number of morpholine rings is 1.